The molecule has 3 nitrogen and oxygen atoms in total. The third kappa shape index (κ3) is 3.09. The summed E-state index contributed by atoms with van der Waals surface area (Å²) in [4.78, 5) is 4.02. The van der Waals surface area contributed by atoms with Crippen molar-refractivity contribution < 1.29 is 14.2 Å². The van der Waals surface area contributed by atoms with Gasteiger partial charge in [0.05, 0.1) is 12.8 Å². The fraction of sp³-hybridized carbons (Fsp3) is 0.267. The van der Waals surface area contributed by atoms with Crippen molar-refractivity contribution in [2.24, 2.45) is 0 Å². The van der Waals surface area contributed by atoms with Crippen LogP contribution in [0.25, 0.3) is 0 Å². The summed E-state index contributed by atoms with van der Waals surface area (Å²) in [7, 11) is 0. The van der Waals surface area contributed by atoms with Crippen LogP contribution < -0.4 is 4.74 Å². The summed E-state index contributed by atoms with van der Waals surface area (Å²) < 4.78 is 18.6. The lowest BCUT2D eigenvalue weighted by Crippen LogP contribution is -2.04. The van der Waals surface area contributed by atoms with Crippen LogP contribution in [-0.2, 0) is 0 Å². The molecule has 100 valence electrons. The molecule has 1 aromatic heterocycles. The van der Waals surface area contributed by atoms with E-state index in [0.717, 1.165) is 5.56 Å². The molecule has 0 aliphatic carbocycles. The fourth-order valence-electron chi connectivity index (χ4n) is 1.92. The minimum absolute atomic E-state index is 0.367. The van der Waals surface area contributed by atoms with Gasteiger partial charge in [0.25, 0.3) is 0 Å². The van der Waals surface area contributed by atoms with E-state index < -0.39 is 6.10 Å². The molecule has 19 heavy (non-hydrogen) atoms. The summed E-state index contributed by atoms with van der Waals surface area (Å²) in [5, 5.41) is 10.3. The number of aliphatic hydroxyl groups is 1. The number of aryl methyl sites for hydroxylation is 1. The van der Waals surface area contributed by atoms with E-state index in [2.05, 4.69) is 4.98 Å². The molecular formula is C15H16FNO2. The van der Waals surface area contributed by atoms with Crippen LogP contribution in [0.15, 0.2) is 36.7 Å². The lowest BCUT2D eigenvalue weighted by molar-refractivity contribution is 0.217. The largest absolute Gasteiger partial charge is 0.492 e. The molecule has 0 saturated carbocycles. The molecule has 0 bridgehead atoms. The summed E-state index contributed by atoms with van der Waals surface area (Å²) >= 11 is 0. The van der Waals surface area contributed by atoms with Crippen LogP contribution in [0.1, 0.15) is 29.7 Å². The van der Waals surface area contributed by atoms with E-state index >= 15 is 0 Å². The molecule has 0 aliphatic rings. The van der Waals surface area contributed by atoms with Crippen LogP contribution in [-0.4, -0.2) is 16.7 Å². The Kier molecular flexibility index (Phi) is 4.12. The quantitative estimate of drug-likeness (QED) is 0.920. The Balaban J connectivity index is 2.35. The highest BCUT2D eigenvalue weighted by Gasteiger charge is 2.15. The highest BCUT2D eigenvalue weighted by Crippen LogP contribution is 2.27. The van der Waals surface area contributed by atoms with Crippen LogP contribution in [0, 0.1) is 12.7 Å². The molecule has 1 heterocycles. The Bertz CT molecular complexity index is 572. The number of hydrogen-bond donors (Lipinski definition) is 1. The molecule has 2 rings (SSSR count). The Labute approximate surface area is 111 Å². The highest BCUT2D eigenvalue weighted by atomic mass is 19.1. The van der Waals surface area contributed by atoms with Crippen molar-refractivity contribution >= 4 is 0 Å². The third-order valence-electron chi connectivity index (χ3n) is 2.90. The van der Waals surface area contributed by atoms with Gasteiger partial charge < -0.3 is 9.84 Å². The van der Waals surface area contributed by atoms with Gasteiger partial charge in [0, 0.05) is 11.8 Å². The number of pyridine rings is 1. The minimum atomic E-state index is -0.913. The van der Waals surface area contributed by atoms with E-state index in [9.17, 15) is 9.50 Å². The second-order valence-corrected chi connectivity index (χ2v) is 4.29. The van der Waals surface area contributed by atoms with Gasteiger partial charge in [-0.25, -0.2) is 4.39 Å². The molecule has 1 N–H and O–H groups in total. The van der Waals surface area contributed by atoms with Gasteiger partial charge in [-0.1, -0.05) is 6.07 Å². The summed E-state index contributed by atoms with van der Waals surface area (Å²) in [5.74, 6) is 0.224. The normalized spacial score (nSPS) is 12.2. The maximum atomic E-state index is 13.3. The van der Waals surface area contributed by atoms with Crippen molar-refractivity contribution in [2.75, 3.05) is 6.61 Å². The average Bonchev–Trinajstić information content (AvgIpc) is 2.41. The van der Waals surface area contributed by atoms with Crippen molar-refractivity contribution in [1.29, 1.82) is 0 Å². The van der Waals surface area contributed by atoms with Crippen molar-refractivity contribution in [1.82, 2.24) is 4.98 Å². The number of ether oxygens (including phenoxy) is 1. The highest BCUT2D eigenvalue weighted by molar-refractivity contribution is 5.36. The molecule has 1 unspecified atom stereocenters. The van der Waals surface area contributed by atoms with Crippen LogP contribution in [0.3, 0.4) is 0 Å². The average molecular weight is 261 g/mol. The maximum absolute atomic E-state index is 13.3. The van der Waals surface area contributed by atoms with Gasteiger partial charge in [0.15, 0.2) is 0 Å². The summed E-state index contributed by atoms with van der Waals surface area (Å²) in [6.45, 7) is 4.23. The lowest BCUT2D eigenvalue weighted by Gasteiger charge is -2.15. The Morgan fingerprint density at radius 3 is 2.84 bits per heavy atom. The lowest BCUT2D eigenvalue weighted by atomic mass is 9.98. The monoisotopic (exact) mass is 261 g/mol. The Morgan fingerprint density at radius 1 is 1.32 bits per heavy atom. The number of hydrogen-bond acceptors (Lipinski definition) is 3. The Morgan fingerprint density at radius 2 is 2.11 bits per heavy atom. The molecule has 0 radical (unpaired) electrons. The number of nitrogens with zero attached hydrogens (tertiary/aromatic N) is 1. The zero-order valence-corrected chi connectivity index (χ0v) is 10.9. The summed E-state index contributed by atoms with van der Waals surface area (Å²) in [6.07, 6.45) is 2.22. The Hall–Kier alpha value is -1.94. The molecule has 1 aromatic carbocycles. The van der Waals surface area contributed by atoms with Crippen LogP contribution >= 0.6 is 0 Å². The zero-order chi connectivity index (χ0) is 13.8. The third-order valence-corrected chi connectivity index (χ3v) is 2.90. The SMILES string of the molecule is CCOc1cncc(C(O)c2cc(F)ccc2C)c1. The van der Waals surface area contributed by atoms with Gasteiger partial charge in [-0.15, -0.1) is 0 Å². The smallest absolute Gasteiger partial charge is 0.137 e. The van der Waals surface area contributed by atoms with Crippen molar-refractivity contribution in [3.05, 3.63) is 59.2 Å². The number of benzene rings is 1. The van der Waals surface area contributed by atoms with Crippen molar-refractivity contribution in [2.45, 2.75) is 20.0 Å². The molecule has 0 amide bonds. The first kappa shape index (κ1) is 13.5. The van der Waals surface area contributed by atoms with E-state index in [1.54, 1.807) is 24.5 Å². The second kappa shape index (κ2) is 5.80. The van der Waals surface area contributed by atoms with E-state index in [0.29, 0.717) is 23.5 Å². The molecule has 0 aliphatic heterocycles. The fourth-order valence-corrected chi connectivity index (χ4v) is 1.92. The van der Waals surface area contributed by atoms with Gasteiger partial charge in [0.2, 0.25) is 0 Å². The first-order valence-corrected chi connectivity index (χ1v) is 6.13. The molecule has 2 aromatic rings. The van der Waals surface area contributed by atoms with Gasteiger partial charge in [0.1, 0.15) is 17.7 Å². The number of aromatic nitrogens is 1. The van der Waals surface area contributed by atoms with E-state index in [1.807, 2.05) is 13.8 Å². The number of halogens is 1. The van der Waals surface area contributed by atoms with Gasteiger partial charge >= 0.3 is 0 Å². The van der Waals surface area contributed by atoms with Gasteiger partial charge in [-0.2, -0.15) is 0 Å². The van der Waals surface area contributed by atoms with Gasteiger partial charge in [-0.3, -0.25) is 4.98 Å². The molecule has 4 heteroatoms. The topological polar surface area (TPSA) is 42.4 Å². The number of rotatable bonds is 4. The maximum Gasteiger partial charge on any atom is 0.137 e. The molecule has 0 spiro atoms. The molecule has 1 atom stereocenters. The predicted molar refractivity (Wildman–Crippen MR) is 70.6 cm³/mol. The minimum Gasteiger partial charge on any atom is -0.492 e. The number of aliphatic hydroxyl groups excluding tert-OH is 1. The molecule has 0 saturated heterocycles. The van der Waals surface area contributed by atoms with E-state index in [-0.39, 0.29) is 5.82 Å². The first-order valence-electron chi connectivity index (χ1n) is 6.13. The predicted octanol–water partition coefficient (Wildman–Crippen LogP) is 3.01. The summed E-state index contributed by atoms with van der Waals surface area (Å²) in [6, 6.07) is 6.08. The van der Waals surface area contributed by atoms with Crippen LogP contribution in [0.4, 0.5) is 4.39 Å². The standard InChI is InChI=1S/C15H16FNO2/c1-3-19-13-6-11(8-17-9-13)15(18)14-7-12(16)5-4-10(14)2/h4-9,15,18H,3H2,1-2H3. The van der Waals surface area contributed by atoms with E-state index in [1.165, 1.54) is 12.1 Å². The second-order valence-electron chi connectivity index (χ2n) is 4.29. The van der Waals surface area contributed by atoms with E-state index in [4.69, 9.17) is 4.74 Å². The zero-order valence-electron chi connectivity index (χ0n) is 10.9. The molecular weight excluding hydrogens is 245 g/mol. The van der Waals surface area contributed by atoms with Gasteiger partial charge in [-0.05, 0) is 43.2 Å². The van der Waals surface area contributed by atoms with Crippen molar-refractivity contribution in [3.8, 4) is 5.75 Å². The van der Waals surface area contributed by atoms with Crippen LogP contribution in [0.5, 0.6) is 5.75 Å². The first-order chi connectivity index (χ1) is 9.11. The van der Waals surface area contributed by atoms with Crippen molar-refractivity contribution in [3.63, 3.8) is 0 Å². The summed E-state index contributed by atoms with van der Waals surface area (Å²) in [5.41, 5.74) is 1.95. The molecule has 0 fully saturated rings. The van der Waals surface area contributed by atoms with Crippen LogP contribution in [0.2, 0.25) is 0 Å².